The highest BCUT2D eigenvalue weighted by molar-refractivity contribution is 7.89. The highest BCUT2D eigenvalue weighted by Gasteiger charge is 2.19. The van der Waals surface area contributed by atoms with Crippen LogP contribution in [0.5, 0.6) is 0 Å². The van der Waals surface area contributed by atoms with Crippen LogP contribution in [0.1, 0.15) is 49.0 Å². The Morgan fingerprint density at radius 3 is 2.57 bits per heavy atom. The maximum atomic E-state index is 13.8. The average molecular weight is 316 g/mol. The quantitative estimate of drug-likeness (QED) is 0.842. The number of unbranched alkanes of at least 4 members (excludes halogenated alkanes) is 1. The summed E-state index contributed by atoms with van der Waals surface area (Å²) >= 11 is 0. The topological polar surface area (TPSA) is 89.3 Å². The SMILES string of the molecule is CCCCC(C)NC(=O)c1cc(F)c(C)c(S(N)(=O)=O)c1. The van der Waals surface area contributed by atoms with Gasteiger partial charge < -0.3 is 5.32 Å². The molecule has 1 atom stereocenters. The zero-order valence-electron chi connectivity index (χ0n) is 12.4. The van der Waals surface area contributed by atoms with Gasteiger partial charge in [0.05, 0.1) is 4.90 Å². The highest BCUT2D eigenvalue weighted by atomic mass is 32.2. The molecule has 0 radical (unpaired) electrons. The molecule has 0 aliphatic heterocycles. The minimum atomic E-state index is -4.07. The van der Waals surface area contributed by atoms with E-state index in [1.165, 1.54) is 6.92 Å². The Bertz CT molecular complexity index is 629. The second-order valence-corrected chi connectivity index (χ2v) is 6.67. The molecule has 0 aliphatic rings. The van der Waals surface area contributed by atoms with Gasteiger partial charge in [0.15, 0.2) is 0 Å². The number of halogens is 1. The number of nitrogens with two attached hydrogens (primary N) is 1. The van der Waals surface area contributed by atoms with Gasteiger partial charge in [0, 0.05) is 17.2 Å². The van der Waals surface area contributed by atoms with Crippen LogP contribution in [-0.4, -0.2) is 20.4 Å². The van der Waals surface area contributed by atoms with E-state index < -0.39 is 21.7 Å². The predicted molar refractivity (Wildman–Crippen MR) is 79.0 cm³/mol. The lowest BCUT2D eigenvalue weighted by Crippen LogP contribution is -2.32. The van der Waals surface area contributed by atoms with E-state index in [-0.39, 0.29) is 22.1 Å². The molecule has 7 heteroatoms. The molecule has 1 aromatic rings. The van der Waals surface area contributed by atoms with E-state index in [2.05, 4.69) is 5.32 Å². The van der Waals surface area contributed by atoms with Gasteiger partial charge in [-0.2, -0.15) is 0 Å². The van der Waals surface area contributed by atoms with Crippen LogP contribution in [0.3, 0.4) is 0 Å². The molecule has 0 bridgehead atoms. The summed E-state index contributed by atoms with van der Waals surface area (Å²) in [5.74, 6) is -1.28. The molecule has 1 aromatic carbocycles. The van der Waals surface area contributed by atoms with E-state index in [9.17, 15) is 17.6 Å². The van der Waals surface area contributed by atoms with Crippen LogP contribution in [0.2, 0.25) is 0 Å². The number of hydrogen-bond acceptors (Lipinski definition) is 3. The van der Waals surface area contributed by atoms with Crippen molar-refractivity contribution in [1.29, 1.82) is 0 Å². The lowest BCUT2D eigenvalue weighted by molar-refractivity contribution is 0.0937. The number of rotatable bonds is 6. The number of sulfonamides is 1. The van der Waals surface area contributed by atoms with Crippen LogP contribution in [0.15, 0.2) is 17.0 Å². The minimum Gasteiger partial charge on any atom is -0.350 e. The van der Waals surface area contributed by atoms with Crippen molar-refractivity contribution in [3.63, 3.8) is 0 Å². The number of amides is 1. The van der Waals surface area contributed by atoms with Crippen LogP contribution in [-0.2, 0) is 10.0 Å². The Balaban J connectivity index is 3.04. The third kappa shape index (κ3) is 4.78. The second-order valence-electron chi connectivity index (χ2n) is 5.14. The zero-order chi connectivity index (χ0) is 16.2. The molecular weight excluding hydrogens is 295 g/mol. The summed E-state index contributed by atoms with van der Waals surface area (Å²) in [6, 6.07) is 2.06. The standard InChI is InChI=1S/C14H21FN2O3S/c1-4-5-6-9(2)17-14(18)11-7-12(15)10(3)13(8-11)21(16,19)20/h7-9H,4-6H2,1-3H3,(H,17,18)(H2,16,19,20). The second kappa shape index (κ2) is 7.00. The lowest BCUT2D eigenvalue weighted by Gasteiger charge is -2.14. The fourth-order valence-electron chi connectivity index (χ4n) is 1.97. The summed E-state index contributed by atoms with van der Waals surface area (Å²) in [6.45, 7) is 5.20. The number of carbonyl (C=O) groups excluding carboxylic acids is 1. The Morgan fingerprint density at radius 2 is 2.05 bits per heavy atom. The highest BCUT2D eigenvalue weighted by Crippen LogP contribution is 2.19. The van der Waals surface area contributed by atoms with Crippen molar-refractivity contribution in [3.05, 3.63) is 29.1 Å². The first-order chi connectivity index (χ1) is 9.66. The molecule has 1 amide bonds. The van der Waals surface area contributed by atoms with Gasteiger partial charge in [-0.3, -0.25) is 4.79 Å². The van der Waals surface area contributed by atoms with Crippen molar-refractivity contribution >= 4 is 15.9 Å². The maximum absolute atomic E-state index is 13.8. The van der Waals surface area contributed by atoms with Crippen LogP contribution in [0, 0.1) is 12.7 Å². The molecule has 118 valence electrons. The van der Waals surface area contributed by atoms with E-state index >= 15 is 0 Å². The van der Waals surface area contributed by atoms with E-state index in [1.807, 2.05) is 13.8 Å². The summed E-state index contributed by atoms with van der Waals surface area (Å²) in [5, 5.41) is 7.75. The molecule has 0 spiro atoms. The van der Waals surface area contributed by atoms with Gasteiger partial charge in [-0.05, 0) is 32.4 Å². The first kappa shape index (κ1) is 17.6. The summed E-state index contributed by atoms with van der Waals surface area (Å²) in [6.07, 6.45) is 2.78. The maximum Gasteiger partial charge on any atom is 0.251 e. The summed E-state index contributed by atoms with van der Waals surface area (Å²) in [4.78, 5) is 11.7. The monoisotopic (exact) mass is 316 g/mol. The Morgan fingerprint density at radius 1 is 1.43 bits per heavy atom. The van der Waals surface area contributed by atoms with Gasteiger partial charge in [-0.25, -0.2) is 17.9 Å². The predicted octanol–water partition coefficient (Wildman–Crippen LogP) is 2.09. The van der Waals surface area contributed by atoms with Gasteiger partial charge in [0.2, 0.25) is 10.0 Å². The number of benzene rings is 1. The van der Waals surface area contributed by atoms with Crippen LogP contribution in [0.25, 0.3) is 0 Å². The molecule has 0 fully saturated rings. The number of carbonyl (C=O) groups is 1. The van der Waals surface area contributed by atoms with Crippen molar-refractivity contribution in [2.24, 2.45) is 5.14 Å². The van der Waals surface area contributed by atoms with Crippen molar-refractivity contribution in [1.82, 2.24) is 5.32 Å². The van der Waals surface area contributed by atoms with Crippen molar-refractivity contribution in [2.45, 2.75) is 51.0 Å². The van der Waals surface area contributed by atoms with E-state index in [1.54, 1.807) is 0 Å². The van der Waals surface area contributed by atoms with E-state index in [4.69, 9.17) is 5.14 Å². The first-order valence-corrected chi connectivity index (χ1v) is 8.35. The first-order valence-electron chi connectivity index (χ1n) is 6.80. The van der Waals surface area contributed by atoms with Crippen LogP contribution >= 0.6 is 0 Å². The molecule has 3 N–H and O–H groups in total. The summed E-state index contributed by atoms with van der Waals surface area (Å²) in [5.41, 5.74) is -0.140. The Kier molecular flexibility index (Phi) is 5.86. The molecule has 0 heterocycles. The van der Waals surface area contributed by atoms with Gasteiger partial charge in [-0.1, -0.05) is 19.8 Å². The Labute approximate surface area is 124 Å². The van der Waals surface area contributed by atoms with Crippen molar-refractivity contribution in [2.75, 3.05) is 0 Å². The van der Waals surface area contributed by atoms with E-state index in [0.29, 0.717) is 0 Å². The zero-order valence-corrected chi connectivity index (χ0v) is 13.3. The minimum absolute atomic E-state index is 0.0505. The van der Waals surface area contributed by atoms with Gasteiger partial charge in [0.25, 0.3) is 5.91 Å². The van der Waals surface area contributed by atoms with Crippen molar-refractivity contribution < 1.29 is 17.6 Å². The Hall–Kier alpha value is -1.47. The molecule has 0 saturated carbocycles. The normalized spacial score (nSPS) is 13.0. The molecule has 21 heavy (non-hydrogen) atoms. The smallest absolute Gasteiger partial charge is 0.251 e. The molecule has 1 unspecified atom stereocenters. The van der Waals surface area contributed by atoms with Gasteiger partial charge in [-0.15, -0.1) is 0 Å². The summed E-state index contributed by atoms with van der Waals surface area (Å²) in [7, 11) is -4.07. The lowest BCUT2D eigenvalue weighted by atomic mass is 10.1. The molecule has 0 aliphatic carbocycles. The largest absolute Gasteiger partial charge is 0.350 e. The number of primary sulfonamides is 1. The molecule has 0 saturated heterocycles. The molecule has 0 aromatic heterocycles. The third-order valence-electron chi connectivity index (χ3n) is 3.23. The third-order valence-corrected chi connectivity index (χ3v) is 4.27. The molecular formula is C14H21FN2O3S. The van der Waals surface area contributed by atoms with Gasteiger partial charge in [0.1, 0.15) is 5.82 Å². The van der Waals surface area contributed by atoms with Crippen LogP contribution in [0.4, 0.5) is 4.39 Å². The van der Waals surface area contributed by atoms with Gasteiger partial charge >= 0.3 is 0 Å². The average Bonchev–Trinajstić information content (AvgIpc) is 2.37. The van der Waals surface area contributed by atoms with E-state index in [0.717, 1.165) is 31.4 Å². The molecule has 1 rings (SSSR count). The van der Waals surface area contributed by atoms with Crippen LogP contribution < -0.4 is 10.5 Å². The fourth-order valence-corrected chi connectivity index (χ4v) is 2.79. The number of hydrogen-bond donors (Lipinski definition) is 2. The summed E-state index contributed by atoms with van der Waals surface area (Å²) < 4.78 is 36.6. The fraction of sp³-hybridized carbons (Fsp3) is 0.500. The molecule has 5 nitrogen and oxygen atoms in total. The number of nitrogens with one attached hydrogen (secondary N) is 1. The van der Waals surface area contributed by atoms with Crippen molar-refractivity contribution in [3.8, 4) is 0 Å².